The molecule has 0 saturated heterocycles. The van der Waals surface area contributed by atoms with E-state index in [2.05, 4.69) is 30.1 Å². The van der Waals surface area contributed by atoms with Gasteiger partial charge in [0.15, 0.2) is 0 Å². The Morgan fingerprint density at radius 3 is 2.58 bits per heavy atom. The summed E-state index contributed by atoms with van der Waals surface area (Å²) in [5.41, 5.74) is 10.1. The highest BCUT2D eigenvalue weighted by molar-refractivity contribution is 5.58. The van der Waals surface area contributed by atoms with Crippen molar-refractivity contribution in [3.05, 3.63) is 53.6 Å². The lowest BCUT2D eigenvalue weighted by Crippen LogP contribution is -2.17. The van der Waals surface area contributed by atoms with Crippen LogP contribution in [0.1, 0.15) is 11.1 Å². The minimum Gasteiger partial charge on any atom is -0.495 e. The largest absolute Gasteiger partial charge is 0.495 e. The van der Waals surface area contributed by atoms with Gasteiger partial charge in [-0.05, 0) is 36.2 Å². The predicted molar refractivity (Wildman–Crippen MR) is 80.7 cm³/mol. The maximum absolute atomic E-state index is 5.84. The third-order valence-electron chi connectivity index (χ3n) is 3.25. The Morgan fingerprint density at radius 2 is 1.89 bits per heavy atom. The number of nitrogens with two attached hydrogens (primary N) is 1. The van der Waals surface area contributed by atoms with Gasteiger partial charge in [0, 0.05) is 19.3 Å². The highest BCUT2D eigenvalue weighted by Gasteiger charge is 2.08. The molecule has 0 aromatic heterocycles. The summed E-state index contributed by atoms with van der Waals surface area (Å²) < 4.78 is 5.39. The molecule has 0 bridgehead atoms. The van der Waals surface area contributed by atoms with E-state index in [4.69, 9.17) is 10.5 Å². The van der Waals surface area contributed by atoms with Gasteiger partial charge in [0.1, 0.15) is 5.75 Å². The molecule has 0 aliphatic rings. The van der Waals surface area contributed by atoms with Crippen LogP contribution in [0.4, 0.5) is 11.4 Å². The number of ether oxygens (including phenoxy) is 1. The lowest BCUT2D eigenvalue weighted by molar-refractivity contribution is 0.415. The van der Waals surface area contributed by atoms with E-state index in [1.165, 1.54) is 5.56 Å². The van der Waals surface area contributed by atoms with Crippen molar-refractivity contribution in [2.75, 3.05) is 24.8 Å². The van der Waals surface area contributed by atoms with Crippen molar-refractivity contribution in [1.82, 2.24) is 0 Å². The Morgan fingerprint density at radius 1 is 1.16 bits per heavy atom. The van der Waals surface area contributed by atoms with E-state index >= 15 is 0 Å². The van der Waals surface area contributed by atoms with Crippen LogP contribution in [-0.4, -0.2) is 14.2 Å². The molecule has 2 rings (SSSR count). The van der Waals surface area contributed by atoms with Gasteiger partial charge in [-0.3, -0.25) is 0 Å². The SMILES string of the molecule is COc1ccccc1N(C)Cc1ccc(N)c(C)c1. The van der Waals surface area contributed by atoms with Gasteiger partial charge >= 0.3 is 0 Å². The van der Waals surface area contributed by atoms with Crippen LogP contribution >= 0.6 is 0 Å². The van der Waals surface area contributed by atoms with Crippen LogP contribution < -0.4 is 15.4 Å². The second-order valence-corrected chi connectivity index (χ2v) is 4.72. The van der Waals surface area contributed by atoms with Gasteiger partial charge in [-0.1, -0.05) is 24.3 Å². The van der Waals surface area contributed by atoms with Crippen molar-refractivity contribution in [2.24, 2.45) is 0 Å². The zero-order valence-electron chi connectivity index (χ0n) is 11.7. The molecule has 0 amide bonds. The molecular formula is C16H20N2O. The molecule has 100 valence electrons. The minimum absolute atomic E-state index is 0.821. The summed E-state index contributed by atoms with van der Waals surface area (Å²) in [5, 5.41) is 0. The normalized spacial score (nSPS) is 10.3. The van der Waals surface area contributed by atoms with Crippen LogP contribution in [-0.2, 0) is 6.54 Å². The van der Waals surface area contributed by atoms with Crippen LogP contribution in [0.15, 0.2) is 42.5 Å². The maximum Gasteiger partial charge on any atom is 0.142 e. The number of nitrogens with zero attached hydrogens (tertiary/aromatic N) is 1. The molecule has 19 heavy (non-hydrogen) atoms. The Kier molecular flexibility index (Phi) is 3.95. The van der Waals surface area contributed by atoms with Gasteiger partial charge < -0.3 is 15.4 Å². The molecule has 0 aliphatic heterocycles. The molecule has 0 radical (unpaired) electrons. The summed E-state index contributed by atoms with van der Waals surface area (Å²) in [7, 11) is 3.75. The highest BCUT2D eigenvalue weighted by Crippen LogP contribution is 2.28. The number of anilines is 2. The number of aryl methyl sites for hydroxylation is 1. The minimum atomic E-state index is 0.821. The second-order valence-electron chi connectivity index (χ2n) is 4.72. The fourth-order valence-corrected chi connectivity index (χ4v) is 2.14. The average Bonchev–Trinajstić information content (AvgIpc) is 2.43. The van der Waals surface area contributed by atoms with Crippen LogP contribution in [0.25, 0.3) is 0 Å². The molecule has 0 unspecified atom stereocenters. The van der Waals surface area contributed by atoms with E-state index in [1.54, 1.807) is 7.11 Å². The lowest BCUT2D eigenvalue weighted by Gasteiger charge is -2.22. The molecule has 0 atom stereocenters. The van der Waals surface area contributed by atoms with Gasteiger partial charge in [-0.25, -0.2) is 0 Å². The van der Waals surface area contributed by atoms with Gasteiger partial charge in [-0.2, -0.15) is 0 Å². The molecule has 2 aromatic carbocycles. The fourth-order valence-electron chi connectivity index (χ4n) is 2.14. The molecule has 0 spiro atoms. The standard InChI is InChI=1S/C16H20N2O/c1-12-10-13(8-9-14(12)17)11-18(2)15-6-4-5-7-16(15)19-3/h4-10H,11,17H2,1-3H3. The lowest BCUT2D eigenvalue weighted by atomic mass is 10.1. The van der Waals surface area contributed by atoms with Crippen molar-refractivity contribution in [2.45, 2.75) is 13.5 Å². The second kappa shape index (κ2) is 5.65. The van der Waals surface area contributed by atoms with E-state index in [1.807, 2.05) is 31.2 Å². The van der Waals surface area contributed by atoms with E-state index in [9.17, 15) is 0 Å². The Bertz CT molecular complexity index is 566. The van der Waals surface area contributed by atoms with Crippen LogP contribution in [0.5, 0.6) is 5.75 Å². The highest BCUT2D eigenvalue weighted by atomic mass is 16.5. The van der Waals surface area contributed by atoms with Crippen molar-refractivity contribution in [3.8, 4) is 5.75 Å². The molecule has 0 aliphatic carbocycles. The Labute approximate surface area is 114 Å². The van der Waals surface area contributed by atoms with Gasteiger partial charge in [0.25, 0.3) is 0 Å². The van der Waals surface area contributed by atoms with Crippen molar-refractivity contribution < 1.29 is 4.74 Å². The number of rotatable bonds is 4. The summed E-state index contributed by atoms with van der Waals surface area (Å²) in [6.45, 7) is 2.85. The van der Waals surface area contributed by atoms with E-state index < -0.39 is 0 Å². The smallest absolute Gasteiger partial charge is 0.142 e. The summed E-state index contributed by atoms with van der Waals surface area (Å²) in [5.74, 6) is 0.886. The maximum atomic E-state index is 5.84. The number of hydrogen-bond donors (Lipinski definition) is 1. The zero-order chi connectivity index (χ0) is 13.8. The summed E-state index contributed by atoms with van der Waals surface area (Å²) in [6.07, 6.45) is 0. The number of methoxy groups -OCH3 is 1. The van der Waals surface area contributed by atoms with Crippen molar-refractivity contribution in [1.29, 1.82) is 0 Å². The first-order valence-electron chi connectivity index (χ1n) is 6.31. The van der Waals surface area contributed by atoms with Crippen molar-refractivity contribution >= 4 is 11.4 Å². The molecular weight excluding hydrogens is 236 g/mol. The summed E-state index contributed by atoms with van der Waals surface area (Å²) in [6, 6.07) is 14.2. The number of hydrogen-bond acceptors (Lipinski definition) is 3. The van der Waals surface area contributed by atoms with Crippen molar-refractivity contribution in [3.63, 3.8) is 0 Å². The first-order valence-corrected chi connectivity index (χ1v) is 6.31. The molecule has 2 aromatic rings. The van der Waals surface area contributed by atoms with Gasteiger partial charge in [0.05, 0.1) is 12.8 Å². The average molecular weight is 256 g/mol. The first-order chi connectivity index (χ1) is 9.11. The monoisotopic (exact) mass is 256 g/mol. The number of nitrogen functional groups attached to an aromatic ring is 1. The molecule has 0 heterocycles. The summed E-state index contributed by atoms with van der Waals surface area (Å²) in [4.78, 5) is 2.17. The van der Waals surface area contributed by atoms with E-state index in [-0.39, 0.29) is 0 Å². The summed E-state index contributed by atoms with van der Waals surface area (Å²) >= 11 is 0. The predicted octanol–water partition coefficient (Wildman–Crippen LogP) is 3.22. The fraction of sp³-hybridized carbons (Fsp3) is 0.250. The van der Waals surface area contributed by atoms with E-state index in [0.29, 0.717) is 0 Å². The number of benzene rings is 2. The Hall–Kier alpha value is -2.16. The first kappa shape index (κ1) is 13.3. The van der Waals surface area contributed by atoms with Crippen LogP contribution in [0.2, 0.25) is 0 Å². The van der Waals surface area contributed by atoms with Gasteiger partial charge in [0.2, 0.25) is 0 Å². The Balaban J connectivity index is 2.20. The topological polar surface area (TPSA) is 38.5 Å². The molecule has 3 heteroatoms. The molecule has 0 saturated carbocycles. The van der Waals surface area contributed by atoms with Gasteiger partial charge in [-0.15, -0.1) is 0 Å². The number of para-hydroxylation sites is 2. The van der Waals surface area contributed by atoms with E-state index in [0.717, 1.165) is 29.2 Å². The third-order valence-corrected chi connectivity index (χ3v) is 3.25. The zero-order valence-corrected chi connectivity index (χ0v) is 11.7. The molecule has 3 nitrogen and oxygen atoms in total. The molecule has 2 N–H and O–H groups in total. The van der Waals surface area contributed by atoms with Crippen LogP contribution in [0, 0.1) is 6.92 Å². The third kappa shape index (κ3) is 2.99. The molecule has 0 fully saturated rings. The van der Waals surface area contributed by atoms with Crippen LogP contribution in [0.3, 0.4) is 0 Å². The quantitative estimate of drug-likeness (QED) is 0.854.